The van der Waals surface area contributed by atoms with Crippen LogP contribution < -0.4 is 9.68 Å². The second-order valence-electron chi connectivity index (χ2n) is 7.65. The molecular formula is C20H16O8S. The van der Waals surface area contributed by atoms with Crippen LogP contribution in [0.1, 0.15) is 13.3 Å². The number of esters is 3. The second kappa shape index (κ2) is 6.28. The third-order valence-electron chi connectivity index (χ3n) is 5.93. The lowest BCUT2D eigenvalue weighted by Crippen LogP contribution is -2.44. The van der Waals surface area contributed by atoms with E-state index in [1.54, 1.807) is 12.1 Å². The molecule has 8 nitrogen and oxygen atoms in total. The minimum Gasteiger partial charge on any atom is -0.458 e. The van der Waals surface area contributed by atoms with Crippen molar-refractivity contribution in [2.24, 2.45) is 23.7 Å². The number of carbonyl (C=O) groups is 3. The van der Waals surface area contributed by atoms with Crippen LogP contribution in [-0.4, -0.2) is 30.1 Å². The van der Waals surface area contributed by atoms with E-state index >= 15 is 0 Å². The Labute approximate surface area is 168 Å². The SMILES string of the molecule is C=C(C)C(=O)OC1C2OC(=O)C3C2CC1[C@H]3C(=O)Oc1ccc2sc(=O)oc2c1. The Bertz CT molecular complexity index is 1130. The van der Waals surface area contributed by atoms with E-state index < -0.39 is 46.9 Å². The molecule has 150 valence electrons. The number of ether oxygens (including phenoxy) is 3. The van der Waals surface area contributed by atoms with Gasteiger partial charge in [-0.15, -0.1) is 0 Å². The van der Waals surface area contributed by atoms with Crippen LogP contribution in [-0.2, 0) is 23.9 Å². The van der Waals surface area contributed by atoms with Gasteiger partial charge in [0.25, 0.3) is 0 Å². The highest BCUT2D eigenvalue weighted by atomic mass is 32.1. The number of hydrogen-bond acceptors (Lipinski definition) is 9. The molecule has 2 bridgehead atoms. The third-order valence-corrected chi connectivity index (χ3v) is 6.74. The first-order chi connectivity index (χ1) is 13.8. The van der Waals surface area contributed by atoms with Crippen molar-refractivity contribution in [3.05, 3.63) is 40.1 Å². The van der Waals surface area contributed by atoms with Gasteiger partial charge >= 0.3 is 22.8 Å². The van der Waals surface area contributed by atoms with Crippen molar-refractivity contribution in [2.75, 3.05) is 0 Å². The zero-order chi connectivity index (χ0) is 20.4. The lowest BCUT2D eigenvalue weighted by Gasteiger charge is -2.30. The summed E-state index contributed by atoms with van der Waals surface area (Å²) in [6.07, 6.45) is -0.670. The average molecular weight is 416 g/mol. The van der Waals surface area contributed by atoms with Crippen LogP contribution in [0.15, 0.2) is 39.6 Å². The number of benzene rings is 1. The molecule has 2 heterocycles. The average Bonchev–Trinajstić information content (AvgIpc) is 3.36. The van der Waals surface area contributed by atoms with E-state index in [2.05, 4.69) is 6.58 Å². The Hall–Kier alpha value is -2.94. The molecule has 9 heteroatoms. The Kier molecular flexibility index (Phi) is 3.92. The molecule has 6 atom stereocenters. The molecule has 1 aromatic carbocycles. The van der Waals surface area contributed by atoms with Crippen molar-refractivity contribution in [3.63, 3.8) is 0 Å². The van der Waals surface area contributed by atoms with Crippen LogP contribution in [0.5, 0.6) is 5.75 Å². The second-order valence-corrected chi connectivity index (χ2v) is 8.63. The van der Waals surface area contributed by atoms with Gasteiger partial charge in [-0.25, -0.2) is 9.59 Å². The molecule has 0 amide bonds. The minimum atomic E-state index is -0.764. The quantitative estimate of drug-likeness (QED) is 0.423. The van der Waals surface area contributed by atoms with Crippen molar-refractivity contribution < 1.29 is 33.0 Å². The molecule has 2 aliphatic carbocycles. The molecule has 0 radical (unpaired) electrons. The van der Waals surface area contributed by atoms with Crippen molar-refractivity contribution in [3.8, 4) is 5.75 Å². The van der Waals surface area contributed by atoms with Crippen LogP contribution in [0.25, 0.3) is 10.3 Å². The van der Waals surface area contributed by atoms with Crippen LogP contribution in [0.2, 0.25) is 0 Å². The predicted octanol–water partition coefficient (Wildman–Crippen LogP) is 2.06. The number of rotatable bonds is 4. The van der Waals surface area contributed by atoms with Gasteiger partial charge in [-0.05, 0) is 25.5 Å². The fourth-order valence-corrected chi connectivity index (χ4v) is 5.44. The summed E-state index contributed by atoms with van der Waals surface area (Å²) >= 11 is 0.953. The summed E-state index contributed by atoms with van der Waals surface area (Å²) in [6, 6.07) is 4.66. The molecule has 0 spiro atoms. The number of carbonyl (C=O) groups excluding carboxylic acids is 3. The molecule has 1 aromatic heterocycles. The van der Waals surface area contributed by atoms with Crippen LogP contribution in [0, 0.1) is 23.7 Å². The minimum absolute atomic E-state index is 0.176. The maximum absolute atomic E-state index is 13.0. The normalized spacial score (nSPS) is 31.7. The number of fused-ring (bicyclic) bond motifs is 2. The van der Waals surface area contributed by atoms with Crippen molar-refractivity contribution in [2.45, 2.75) is 25.6 Å². The van der Waals surface area contributed by atoms with E-state index in [1.165, 1.54) is 13.0 Å². The van der Waals surface area contributed by atoms with Gasteiger partial charge in [0.15, 0.2) is 5.58 Å². The van der Waals surface area contributed by atoms with Gasteiger partial charge in [-0.1, -0.05) is 17.9 Å². The Morgan fingerprint density at radius 2 is 2.03 bits per heavy atom. The lowest BCUT2D eigenvalue weighted by atomic mass is 9.78. The van der Waals surface area contributed by atoms with Gasteiger partial charge in [-0.2, -0.15) is 0 Å². The lowest BCUT2D eigenvalue weighted by molar-refractivity contribution is -0.160. The molecule has 1 aliphatic heterocycles. The largest absolute Gasteiger partial charge is 0.458 e. The first kappa shape index (κ1) is 18.1. The van der Waals surface area contributed by atoms with Gasteiger partial charge in [-0.3, -0.25) is 9.59 Å². The molecule has 0 N–H and O–H groups in total. The van der Waals surface area contributed by atoms with Crippen LogP contribution >= 0.6 is 11.3 Å². The van der Waals surface area contributed by atoms with E-state index in [4.69, 9.17) is 18.6 Å². The summed E-state index contributed by atoms with van der Waals surface area (Å²) in [7, 11) is 0. The van der Waals surface area contributed by atoms with Crippen LogP contribution in [0.4, 0.5) is 0 Å². The predicted molar refractivity (Wildman–Crippen MR) is 99.1 cm³/mol. The Morgan fingerprint density at radius 3 is 2.79 bits per heavy atom. The van der Waals surface area contributed by atoms with Gasteiger partial charge in [0.2, 0.25) is 0 Å². The van der Waals surface area contributed by atoms with E-state index in [-0.39, 0.29) is 23.2 Å². The van der Waals surface area contributed by atoms with E-state index in [9.17, 15) is 19.2 Å². The Balaban J connectivity index is 1.41. The highest BCUT2D eigenvalue weighted by Crippen LogP contribution is 2.59. The maximum atomic E-state index is 13.0. The highest BCUT2D eigenvalue weighted by Gasteiger charge is 2.70. The maximum Gasteiger partial charge on any atom is 0.396 e. The van der Waals surface area contributed by atoms with Crippen molar-refractivity contribution in [1.82, 2.24) is 0 Å². The summed E-state index contributed by atoms with van der Waals surface area (Å²) in [5, 5.41) is 0. The molecule has 2 aromatic rings. The zero-order valence-electron chi connectivity index (χ0n) is 15.3. The molecule has 3 fully saturated rings. The van der Waals surface area contributed by atoms with E-state index in [1.807, 2.05) is 0 Å². The van der Waals surface area contributed by atoms with Gasteiger partial charge in [0, 0.05) is 23.5 Å². The molecule has 5 rings (SSSR count). The summed E-state index contributed by atoms with van der Waals surface area (Å²) in [6.45, 7) is 5.10. The monoisotopic (exact) mass is 416 g/mol. The van der Waals surface area contributed by atoms with Crippen molar-refractivity contribution >= 4 is 39.5 Å². The first-order valence-corrected chi connectivity index (χ1v) is 9.97. The fraction of sp³-hybridized carbons (Fsp3) is 0.400. The topological polar surface area (TPSA) is 109 Å². The molecule has 29 heavy (non-hydrogen) atoms. The van der Waals surface area contributed by atoms with Crippen molar-refractivity contribution in [1.29, 1.82) is 0 Å². The molecular weight excluding hydrogens is 400 g/mol. The first-order valence-electron chi connectivity index (χ1n) is 9.16. The summed E-state index contributed by atoms with van der Waals surface area (Å²) in [5.74, 6) is -3.31. The summed E-state index contributed by atoms with van der Waals surface area (Å²) < 4.78 is 22.1. The summed E-state index contributed by atoms with van der Waals surface area (Å²) in [5.41, 5.74) is 0.560. The standard InChI is InChI=1S/C20H16O8S/c1-7(2)17(21)27-15-9-6-10-14(19(23)28-16(10)15)13(9)18(22)25-8-3-4-12-11(5-8)26-20(24)29-12/h3-5,9-10,13-16H,1,6H2,2H3/t9?,10?,13-,14?,15?,16?/m1/s1. The van der Waals surface area contributed by atoms with Gasteiger partial charge < -0.3 is 18.6 Å². The highest BCUT2D eigenvalue weighted by molar-refractivity contribution is 7.16. The smallest absolute Gasteiger partial charge is 0.396 e. The molecule has 3 aliphatic rings. The molecule has 1 saturated heterocycles. The number of hydrogen-bond donors (Lipinski definition) is 0. The molecule has 2 saturated carbocycles. The Morgan fingerprint density at radius 1 is 1.24 bits per heavy atom. The third kappa shape index (κ3) is 2.71. The summed E-state index contributed by atoms with van der Waals surface area (Å²) in [4.78, 5) is 48.3. The molecule has 5 unspecified atom stereocenters. The van der Waals surface area contributed by atoms with E-state index in [0.717, 1.165) is 11.3 Å². The van der Waals surface area contributed by atoms with Gasteiger partial charge in [0.05, 0.1) is 16.5 Å². The van der Waals surface area contributed by atoms with E-state index in [0.29, 0.717) is 16.7 Å². The zero-order valence-corrected chi connectivity index (χ0v) is 16.1. The van der Waals surface area contributed by atoms with Crippen LogP contribution in [0.3, 0.4) is 0 Å². The van der Waals surface area contributed by atoms with Gasteiger partial charge in [0.1, 0.15) is 18.0 Å². The fourth-order valence-electron chi connectivity index (χ4n) is 4.79.